The van der Waals surface area contributed by atoms with Crippen LogP contribution < -0.4 is 0 Å². The van der Waals surface area contributed by atoms with E-state index in [2.05, 4.69) is 10.2 Å². The van der Waals surface area contributed by atoms with E-state index in [1.807, 2.05) is 38.1 Å². The number of esters is 1. The second kappa shape index (κ2) is 6.71. The number of hydrogen-bond donors (Lipinski definition) is 0. The van der Waals surface area contributed by atoms with Crippen molar-refractivity contribution in [3.05, 3.63) is 35.7 Å². The van der Waals surface area contributed by atoms with Crippen LogP contribution in [-0.2, 0) is 9.53 Å². The molecule has 0 spiro atoms. The molecule has 5 heteroatoms. The van der Waals surface area contributed by atoms with Gasteiger partial charge in [-0.3, -0.25) is 4.79 Å². The summed E-state index contributed by atoms with van der Waals surface area (Å²) in [6, 6.07) is 7.93. The third kappa shape index (κ3) is 3.36. The van der Waals surface area contributed by atoms with Crippen molar-refractivity contribution in [2.45, 2.75) is 64.9 Å². The highest BCUT2D eigenvalue weighted by molar-refractivity contribution is 5.70. The van der Waals surface area contributed by atoms with Crippen molar-refractivity contribution < 1.29 is 13.9 Å². The maximum absolute atomic E-state index is 12.7. The van der Waals surface area contributed by atoms with Crippen molar-refractivity contribution in [2.75, 3.05) is 0 Å². The topological polar surface area (TPSA) is 65.2 Å². The van der Waals surface area contributed by atoms with Gasteiger partial charge in [-0.2, -0.15) is 0 Å². The molecule has 6 rings (SSSR count). The highest BCUT2D eigenvalue weighted by Gasteiger charge is 2.51. The van der Waals surface area contributed by atoms with Crippen LogP contribution in [0.5, 0.6) is 0 Å². The molecule has 0 radical (unpaired) electrons. The van der Waals surface area contributed by atoms with Crippen LogP contribution in [0, 0.1) is 30.1 Å². The SMILES string of the molecule is Cc1ccc(-c2nnc([C@H](C)OC(=O)CC34CC5CC(CC(C5)C3)C4)o2)cc1. The van der Waals surface area contributed by atoms with Crippen LogP contribution in [0.15, 0.2) is 28.7 Å². The number of aryl methyl sites for hydroxylation is 1. The normalized spacial score (nSPS) is 31.7. The molecule has 4 aliphatic carbocycles. The van der Waals surface area contributed by atoms with Crippen LogP contribution in [0.4, 0.5) is 0 Å². The molecule has 0 aliphatic heterocycles. The Morgan fingerprint density at radius 1 is 1.11 bits per heavy atom. The Kier molecular flexibility index (Phi) is 4.29. The van der Waals surface area contributed by atoms with Crippen molar-refractivity contribution in [2.24, 2.45) is 23.2 Å². The Morgan fingerprint density at radius 3 is 2.32 bits per heavy atom. The first-order chi connectivity index (χ1) is 13.5. The van der Waals surface area contributed by atoms with Crippen molar-refractivity contribution >= 4 is 5.97 Å². The summed E-state index contributed by atoms with van der Waals surface area (Å²) in [5.41, 5.74) is 2.24. The summed E-state index contributed by atoms with van der Waals surface area (Å²) in [5, 5.41) is 8.22. The first kappa shape index (κ1) is 17.9. The van der Waals surface area contributed by atoms with E-state index in [4.69, 9.17) is 9.15 Å². The molecule has 1 atom stereocenters. The minimum Gasteiger partial charge on any atom is -0.453 e. The third-order valence-corrected chi connectivity index (χ3v) is 7.08. The summed E-state index contributed by atoms with van der Waals surface area (Å²) in [7, 11) is 0. The smallest absolute Gasteiger partial charge is 0.307 e. The highest BCUT2D eigenvalue weighted by atomic mass is 16.6. The number of aromatic nitrogens is 2. The van der Waals surface area contributed by atoms with Crippen LogP contribution in [0.2, 0.25) is 0 Å². The molecular formula is C23H28N2O3. The van der Waals surface area contributed by atoms with Gasteiger partial charge in [-0.15, -0.1) is 10.2 Å². The number of nitrogens with zero attached hydrogens (tertiary/aromatic N) is 2. The van der Waals surface area contributed by atoms with Gasteiger partial charge in [-0.05, 0) is 87.7 Å². The van der Waals surface area contributed by atoms with E-state index >= 15 is 0 Å². The molecule has 4 saturated carbocycles. The third-order valence-electron chi connectivity index (χ3n) is 7.08. The number of benzene rings is 1. The quantitative estimate of drug-likeness (QED) is 0.662. The molecule has 2 aromatic rings. The monoisotopic (exact) mass is 380 g/mol. The minimum atomic E-state index is -0.520. The molecule has 0 saturated heterocycles. The first-order valence-electron chi connectivity index (χ1n) is 10.6. The zero-order chi connectivity index (χ0) is 19.3. The van der Waals surface area contributed by atoms with E-state index in [1.54, 1.807) is 0 Å². The molecule has 0 amide bonds. The van der Waals surface area contributed by atoms with Crippen molar-refractivity contribution in [1.29, 1.82) is 0 Å². The van der Waals surface area contributed by atoms with E-state index in [1.165, 1.54) is 44.1 Å². The molecule has 1 aromatic carbocycles. The molecule has 5 nitrogen and oxygen atoms in total. The lowest BCUT2D eigenvalue weighted by molar-refractivity contribution is -0.157. The Bertz CT molecular complexity index is 835. The molecule has 1 aromatic heterocycles. The Hall–Kier alpha value is -2.17. The molecule has 4 bridgehead atoms. The lowest BCUT2D eigenvalue weighted by Gasteiger charge is -2.56. The van der Waals surface area contributed by atoms with Gasteiger partial charge in [0.2, 0.25) is 5.89 Å². The zero-order valence-electron chi connectivity index (χ0n) is 16.7. The van der Waals surface area contributed by atoms with Crippen molar-refractivity contribution in [3.8, 4) is 11.5 Å². The van der Waals surface area contributed by atoms with E-state index in [9.17, 15) is 4.79 Å². The summed E-state index contributed by atoms with van der Waals surface area (Å²) in [4.78, 5) is 12.7. The maximum atomic E-state index is 12.7. The fraction of sp³-hybridized carbons (Fsp3) is 0.609. The number of carbonyl (C=O) groups excluding carboxylic acids is 1. The van der Waals surface area contributed by atoms with Crippen LogP contribution in [0.25, 0.3) is 11.5 Å². The van der Waals surface area contributed by atoms with Crippen molar-refractivity contribution in [1.82, 2.24) is 10.2 Å². The lowest BCUT2D eigenvalue weighted by Crippen LogP contribution is -2.47. The maximum Gasteiger partial charge on any atom is 0.307 e. The number of hydrogen-bond acceptors (Lipinski definition) is 5. The number of rotatable bonds is 5. The van der Waals surface area contributed by atoms with E-state index in [0.717, 1.165) is 23.3 Å². The average molecular weight is 380 g/mol. The van der Waals surface area contributed by atoms with Crippen LogP contribution in [0.3, 0.4) is 0 Å². The zero-order valence-corrected chi connectivity index (χ0v) is 16.7. The molecule has 28 heavy (non-hydrogen) atoms. The van der Waals surface area contributed by atoms with Crippen LogP contribution in [-0.4, -0.2) is 16.2 Å². The van der Waals surface area contributed by atoms with Gasteiger partial charge in [0.15, 0.2) is 6.10 Å². The predicted octanol–water partition coefficient (Wildman–Crippen LogP) is 5.26. The largest absolute Gasteiger partial charge is 0.453 e. The fourth-order valence-corrected chi connectivity index (χ4v) is 6.31. The minimum absolute atomic E-state index is 0.121. The summed E-state index contributed by atoms with van der Waals surface area (Å²) in [6.07, 6.45) is 7.80. The van der Waals surface area contributed by atoms with Crippen molar-refractivity contribution in [3.63, 3.8) is 0 Å². The summed E-state index contributed by atoms with van der Waals surface area (Å²) in [5.74, 6) is 3.20. The van der Waals surface area contributed by atoms with Gasteiger partial charge in [-0.1, -0.05) is 17.7 Å². The summed E-state index contributed by atoms with van der Waals surface area (Å²) >= 11 is 0. The molecule has 0 N–H and O–H groups in total. The van der Waals surface area contributed by atoms with Gasteiger partial charge in [0.25, 0.3) is 5.89 Å². The Morgan fingerprint density at radius 2 is 1.71 bits per heavy atom. The van der Waals surface area contributed by atoms with Gasteiger partial charge >= 0.3 is 5.97 Å². The number of carbonyl (C=O) groups is 1. The number of ether oxygens (including phenoxy) is 1. The molecule has 1 heterocycles. The second-order valence-electron chi connectivity index (χ2n) is 9.54. The van der Waals surface area contributed by atoms with Gasteiger partial charge in [0, 0.05) is 5.56 Å². The standard InChI is InChI=1S/C23H28N2O3/c1-14-3-5-19(6-4-14)22-25-24-21(28-22)15(2)27-20(26)13-23-10-16-7-17(11-23)9-18(8-16)12-23/h3-6,15-18H,7-13H2,1-2H3/t15-,16?,17?,18?,23?/m0/s1. The van der Waals surface area contributed by atoms with Crippen LogP contribution in [0.1, 0.15) is 69.4 Å². The Labute approximate surface area is 165 Å². The first-order valence-corrected chi connectivity index (χ1v) is 10.6. The van der Waals surface area contributed by atoms with Gasteiger partial charge in [0.05, 0.1) is 6.42 Å². The summed E-state index contributed by atoms with van der Waals surface area (Å²) < 4.78 is 11.5. The predicted molar refractivity (Wildman–Crippen MR) is 104 cm³/mol. The lowest BCUT2D eigenvalue weighted by atomic mass is 9.49. The van der Waals surface area contributed by atoms with E-state index < -0.39 is 6.10 Å². The molecule has 148 valence electrons. The van der Waals surface area contributed by atoms with E-state index in [-0.39, 0.29) is 11.4 Å². The Balaban J connectivity index is 1.23. The van der Waals surface area contributed by atoms with E-state index in [0.29, 0.717) is 18.2 Å². The molecule has 4 fully saturated rings. The second-order valence-corrected chi connectivity index (χ2v) is 9.54. The van der Waals surface area contributed by atoms with Gasteiger partial charge < -0.3 is 9.15 Å². The molecule has 0 unspecified atom stereocenters. The highest BCUT2D eigenvalue weighted by Crippen LogP contribution is 2.61. The molecule has 4 aliphatic rings. The fourth-order valence-electron chi connectivity index (χ4n) is 6.31. The van der Waals surface area contributed by atoms with Crippen LogP contribution >= 0.6 is 0 Å². The average Bonchev–Trinajstić information content (AvgIpc) is 3.10. The molecular weight excluding hydrogens is 352 g/mol. The van der Waals surface area contributed by atoms with Gasteiger partial charge in [0.1, 0.15) is 0 Å². The van der Waals surface area contributed by atoms with Gasteiger partial charge in [-0.25, -0.2) is 0 Å². The summed E-state index contributed by atoms with van der Waals surface area (Å²) in [6.45, 7) is 3.85.